The molecule has 0 rings (SSSR count). The number of carbonyl (C=O) groups is 2. The van der Waals surface area contributed by atoms with Gasteiger partial charge >= 0.3 is 0 Å². The van der Waals surface area contributed by atoms with Gasteiger partial charge in [0.15, 0.2) is 0 Å². The van der Waals surface area contributed by atoms with Crippen LogP contribution in [0.25, 0.3) is 0 Å². The summed E-state index contributed by atoms with van der Waals surface area (Å²) in [5, 5.41) is 10.8. The number of amides is 2. The molecule has 0 bridgehead atoms. The Morgan fingerprint density at radius 1 is 1.47 bits per heavy atom. The van der Waals surface area contributed by atoms with Gasteiger partial charge in [0, 0.05) is 12.7 Å². The summed E-state index contributed by atoms with van der Waals surface area (Å²) in [7, 11) is 1.36. The maximum atomic E-state index is 11.3. The highest BCUT2D eigenvalue weighted by Gasteiger charge is 2.18. The topological polar surface area (TPSA) is 122 Å². The largest absolute Gasteiger partial charge is 0.401 e. The monoisotopic (exact) mass is 226 g/mol. The van der Waals surface area contributed by atoms with Crippen LogP contribution in [0, 0.1) is 11.3 Å². The van der Waals surface area contributed by atoms with Crippen LogP contribution in [0.5, 0.6) is 0 Å². The van der Waals surface area contributed by atoms with Gasteiger partial charge in [-0.3, -0.25) is 9.59 Å². The molecule has 0 saturated heterocycles. The number of nitrogens with two attached hydrogens (primary N) is 2. The van der Waals surface area contributed by atoms with Crippen molar-refractivity contribution in [3.63, 3.8) is 0 Å². The molecule has 5 N–H and O–H groups in total. The summed E-state index contributed by atoms with van der Waals surface area (Å²) in [5.41, 5.74) is 10.1. The summed E-state index contributed by atoms with van der Waals surface area (Å²) in [5.74, 6) is -1.31. The molecule has 80 valence electrons. The second-order valence-electron chi connectivity index (χ2n) is 2.56. The molecule has 0 radical (unpaired) electrons. The lowest BCUT2D eigenvalue weighted by molar-refractivity contribution is -0.117. The van der Waals surface area contributed by atoms with E-state index in [1.54, 1.807) is 6.07 Å². The number of likely N-dealkylation sites (N-methyl/N-ethyl adjacent to an activating group) is 1. The number of carbonyl (C=O) groups excluding carboxylic acids is 2. The molecule has 2 amide bonds. The minimum absolute atomic E-state index is 0.103. The van der Waals surface area contributed by atoms with Crippen LogP contribution in [0.15, 0.2) is 11.3 Å². The Morgan fingerprint density at radius 2 is 2.00 bits per heavy atom. The van der Waals surface area contributed by atoms with Gasteiger partial charge in [-0.15, -0.1) is 0 Å². The van der Waals surface area contributed by atoms with Crippen molar-refractivity contribution < 1.29 is 9.59 Å². The first-order valence-corrected chi connectivity index (χ1v) is 4.28. The van der Waals surface area contributed by atoms with Crippen molar-refractivity contribution in [3.8, 4) is 6.07 Å². The predicted octanol–water partition coefficient (Wildman–Crippen LogP) is -1.29. The fourth-order valence-corrected chi connectivity index (χ4v) is 1.08. The van der Waals surface area contributed by atoms with Crippen LogP contribution in [0.2, 0.25) is 0 Å². The lowest BCUT2D eigenvalue weighted by atomic mass is 10.1. The second-order valence-corrected chi connectivity index (χ2v) is 2.97. The summed E-state index contributed by atoms with van der Waals surface area (Å²) in [6.45, 7) is 0. The molecule has 7 heteroatoms. The van der Waals surface area contributed by atoms with Gasteiger partial charge in [-0.05, 0) is 0 Å². The molecular formula is C8H10N4O2S. The third-order valence-electron chi connectivity index (χ3n) is 1.47. The average molecular weight is 226 g/mol. The number of rotatable bonds is 4. The molecule has 0 aliphatic rings. The van der Waals surface area contributed by atoms with Crippen LogP contribution in [-0.4, -0.2) is 23.7 Å². The first-order chi connectivity index (χ1) is 6.93. The van der Waals surface area contributed by atoms with Crippen LogP contribution in [0.4, 0.5) is 0 Å². The predicted molar refractivity (Wildman–Crippen MR) is 57.3 cm³/mol. The van der Waals surface area contributed by atoms with E-state index in [2.05, 4.69) is 17.5 Å². The maximum Gasteiger partial charge on any atom is 0.255 e. The molecule has 6 nitrogen and oxygen atoms in total. The van der Waals surface area contributed by atoms with Crippen LogP contribution in [0.3, 0.4) is 0 Å². The standard InChI is InChI=1S/C8H10N4O2S/c1-12-8(14)7(5(15)3-9)4(10)2-6(11)13/h2,10H2,1H3,(H2,11,13)(H,12,14). The number of nitrogens with one attached hydrogen (secondary N) is 1. The van der Waals surface area contributed by atoms with E-state index in [4.69, 9.17) is 16.7 Å². The van der Waals surface area contributed by atoms with Crippen molar-refractivity contribution in [1.29, 1.82) is 5.26 Å². The number of thiocarbonyl (C=S) groups is 1. The van der Waals surface area contributed by atoms with Gasteiger partial charge in [0.1, 0.15) is 10.9 Å². The quantitative estimate of drug-likeness (QED) is 0.407. The summed E-state index contributed by atoms with van der Waals surface area (Å²) in [6, 6.07) is 1.62. The van der Waals surface area contributed by atoms with E-state index in [1.807, 2.05) is 0 Å². The van der Waals surface area contributed by atoms with E-state index in [1.165, 1.54) is 7.05 Å². The van der Waals surface area contributed by atoms with Gasteiger partial charge < -0.3 is 16.8 Å². The Kier molecular flexibility index (Phi) is 4.98. The zero-order valence-corrected chi connectivity index (χ0v) is 8.85. The zero-order valence-electron chi connectivity index (χ0n) is 8.03. The van der Waals surface area contributed by atoms with Gasteiger partial charge in [0.05, 0.1) is 12.0 Å². The molecule has 0 aromatic rings. The number of nitriles is 1. The fourth-order valence-electron chi connectivity index (χ4n) is 0.852. The smallest absolute Gasteiger partial charge is 0.255 e. The number of hydrogen-bond donors (Lipinski definition) is 3. The van der Waals surface area contributed by atoms with Crippen LogP contribution >= 0.6 is 12.2 Å². The molecule has 15 heavy (non-hydrogen) atoms. The van der Waals surface area contributed by atoms with E-state index < -0.39 is 11.8 Å². The Hall–Kier alpha value is -1.94. The highest BCUT2D eigenvalue weighted by molar-refractivity contribution is 7.81. The molecule has 0 aromatic heterocycles. The highest BCUT2D eigenvalue weighted by Crippen LogP contribution is 2.06. The first kappa shape index (κ1) is 13.1. The van der Waals surface area contributed by atoms with Crippen molar-refractivity contribution in [2.45, 2.75) is 6.42 Å². The van der Waals surface area contributed by atoms with E-state index >= 15 is 0 Å². The molecule has 0 saturated carbocycles. The SMILES string of the molecule is CNC(=O)C(C(=S)C#N)=C(N)CC(N)=O. The molecule has 0 spiro atoms. The van der Waals surface area contributed by atoms with Crippen LogP contribution in [-0.2, 0) is 9.59 Å². The number of hydrogen-bond acceptors (Lipinski definition) is 5. The normalized spacial score (nSPS) is 10.9. The molecule has 0 aliphatic carbocycles. The number of nitrogens with zero attached hydrogens (tertiary/aromatic N) is 1. The Morgan fingerprint density at radius 3 is 2.33 bits per heavy atom. The van der Waals surface area contributed by atoms with E-state index in [9.17, 15) is 9.59 Å². The van der Waals surface area contributed by atoms with Gasteiger partial charge in [0.25, 0.3) is 5.91 Å². The molecule has 0 atom stereocenters. The average Bonchev–Trinajstić information content (AvgIpc) is 2.16. The number of primary amides is 1. The molecule has 0 unspecified atom stereocenters. The van der Waals surface area contributed by atoms with E-state index in [0.29, 0.717) is 0 Å². The summed E-state index contributed by atoms with van der Waals surface area (Å²) in [4.78, 5) is 21.6. The molecule has 0 aliphatic heterocycles. The maximum absolute atomic E-state index is 11.3. The fraction of sp³-hybridized carbons (Fsp3) is 0.250. The van der Waals surface area contributed by atoms with Crippen molar-refractivity contribution >= 4 is 28.9 Å². The third kappa shape index (κ3) is 3.74. The molecular weight excluding hydrogens is 216 g/mol. The van der Waals surface area contributed by atoms with Crippen molar-refractivity contribution in [2.24, 2.45) is 11.5 Å². The molecule has 0 fully saturated rings. The van der Waals surface area contributed by atoms with E-state index in [-0.39, 0.29) is 22.6 Å². The summed E-state index contributed by atoms with van der Waals surface area (Å²) in [6.07, 6.45) is -0.315. The van der Waals surface area contributed by atoms with Gasteiger partial charge in [-0.1, -0.05) is 12.2 Å². The van der Waals surface area contributed by atoms with Crippen molar-refractivity contribution in [1.82, 2.24) is 5.32 Å². The minimum Gasteiger partial charge on any atom is -0.401 e. The lowest BCUT2D eigenvalue weighted by Crippen LogP contribution is -2.28. The van der Waals surface area contributed by atoms with Gasteiger partial charge in [-0.25, -0.2) is 0 Å². The van der Waals surface area contributed by atoms with Gasteiger partial charge in [-0.2, -0.15) is 5.26 Å². The van der Waals surface area contributed by atoms with Crippen LogP contribution < -0.4 is 16.8 Å². The molecule has 0 heterocycles. The second kappa shape index (κ2) is 5.72. The Bertz CT molecular complexity index is 381. The van der Waals surface area contributed by atoms with Gasteiger partial charge in [0.2, 0.25) is 5.91 Å². The summed E-state index contributed by atoms with van der Waals surface area (Å²) >= 11 is 4.64. The highest BCUT2D eigenvalue weighted by atomic mass is 32.1. The molecule has 0 aromatic carbocycles. The van der Waals surface area contributed by atoms with Crippen molar-refractivity contribution in [2.75, 3.05) is 7.05 Å². The minimum atomic E-state index is -0.699. The summed E-state index contributed by atoms with van der Waals surface area (Å²) < 4.78 is 0. The van der Waals surface area contributed by atoms with E-state index in [0.717, 1.165) is 0 Å². The Labute approximate surface area is 91.9 Å². The zero-order chi connectivity index (χ0) is 12.0. The van der Waals surface area contributed by atoms with Crippen molar-refractivity contribution in [3.05, 3.63) is 11.3 Å². The Balaban J connectivity index is 5.26. The first-order valence-electron chi connectivity index (χ1n) is 3.87. The van der Waals surface area contributed by atoms with Crippen LogP contribution in [0.1, 0.15) is 6.42 Å². The lowest BCUT2D eigenvalue weighted by Gasteiger charge is -2.06. The third-order valence-corrected chi connectivity index (χ3v) is 1.76.